The Bertz CT molecular complexity index is 1240. The summed E-state index contributed by atoms with van der Waals surface area (Å²) in [5.41, 5.74) is 1.95. The van der Waals surface area contributed by atoms with Gasteiger partial charge in [0.05, 0.1) is 11.4 Å². The van der Waals surface area contributed by atoms with E-state index in [2.05, 4.69) is 15.1 Å². The molecule has 0 saturated heterocycles. The van der Waals surface area contributed by atoms with Gasteiger partial charge >= 0.3 is 0 Å². The first-order chi connectivity index (χ1) is 16.3. The van der Waals surface area contributed by atoms with E-state index in [0.29, 0.717) is 31.3 Å². The molecule has 1 atom stereocenters. The van der Waals surface area contributed by atoms with Crippen LogP contribution in [0.4, 0.5) is 0 Å². The lowest BCUT2D eigenvalue weighted by Gasteiger charge is -2.23. The third kappa shape index (κ3) is 5.57. The van der Waals surface area contributed by atoms with E-state index in [1.807, 2.05) is 36.5 Å². The molecule has 2 N–H and O–H groups in total. The molecule has 2 heterocycles. The molecule has 0 aliphatic carbocycles. The minimum atomic E-state index is -3.97. The van der Waals surface area contributed by atoms with E-state index in [9.17, 15) is 13.2 Å². The van der Waals surface area contributed by atoms with Crippen molar-refractivity contribution in [2.75, 3.05) is 13.2 Å². The van der Waals surface area contributed by atoms with Crippen LogP contribution in [0.15, 0.2) is 65.8 Å². The Balaban J connectivity index is 1.45. The van der Waals surface area contributed by atoms with Crippen molar-refractivity contribution in [2.24, 2.45) is 5.92 Å². The van der Waals surface area contributed by atoms with Gasteiger partial charge in [-0.1, -0.05) is 38.1 Å². The van der Waals surface area contributed by atoms with Crippen LogP contribution < -0.4 is 19.5 Å². The van der Waals surface area contributed by atoms with Gasteiger partial charge in [-0.15, -0.1) is 0 Å². The fraction of sp³-hybridized carbons (Fsp3) is 0.333. The maximum Gasteiger partial charge on any atom is 0.241 e. The normalized spacial score (nSPS) is 14.1. The zero-order chi connectivity index (χ0) is 24.1. The summed E-state index contributed by atoms with van der Waals surface area (Å²) in [6, 6.07) is 13.1. The Morgan fingerprint density at radius 2 is 1.79 bits per heavy atom. The van der Waals surface area contributed by atoms with E-state index >= 15 is 0 Å². The Hall–Kier alpha value is -3.37. The minimum absolute atomic E-state index is 0.0137. The number of hydrogen-bond acceptors (Lipinski definition) is 6. The molecule has 1 aliphatic rings. The highest BCUT2D eigenvalue weighted by molar-refractivity contribution is 7.89. The van der Waals surface area contributed by atoms with Crippen molar-refractivity contribution in [3.05, 3.63) is 72.1 Å². The summed E-state index contributed by atoms with van der Waals surface area (Å²) in [7, 11) is -3.97. The molecule has 0 spiro atoms. The van der Waals surface area contributed by atoms with E-state index in [1.54, 1.807) is 30.8 Å². The van der Waals surface area contributed by atoms with Gasteiger partial charge in [-0.05, 0) is 35.2 Å². The lowest BCUT2D eigenvalue weighted by Crippen LogP contribution is -2.49. The number of amides is 1. The van der Waals surface area contributed by atoms with Gasteiger partial charge in [0.1, 0.15) is 19.3 Å². The molecule has 4 rings (SSSR count). The Morgan fingerprint density at radius 3 is 2.50 bits per heavy atom. The maximum absolute atomic E-state index is 13.0. The van der Waals surface area contributed by atoms with Crippen LogP contribution in [0.25, 0.3) is 0 Å². The highest BCUT2D eigenvalue weighted by Gasteiger charge is 2.29. The monoisotopic (exact) mass is 484 g/mol. The van der Waals surface area contributed by atoms with Gasteiger partial charge in [-0.2, -0.15) is 9.82 Å². The number of carbonyl (C=O) groups is 1. The van der Waals surface area contributed by atoms with Crippen molar-refractivity contribution in [2.45, 2.75) is 37.9 Å². The Kier molecular flexibility index (Phi) is 7.18. The summed E-state index contributed by atoms with van der Waals surface area (Å²) in [5.74, 6) is 0.196. The zero-order valence-corrected chi connectivity index (χ0v) is 19.9. The molecule has 0 unspecified atom stereocenters. The van der Waals surface area contributed by atoms with Gasteiger partial charge in [0.15, 0.2) is 11.5 Å². The SMILES string of the molecule is CC(C)[C@@H](NS(=O)(=O)c1ccc2c(c1)OCCO2)C(=O)NCc1ccccc1Cn1cccn1. The molecule has 3 aromatic rings. The standard InChI is InChI=1S/C24H28N4O5S/c1-17(2)23(27-34(30,31)20-8-9-21-22(14-20)33-13-12-32-21)24(29)25-15-18-6-3-4-7-19(18)16-28-11-5-10-26-28/h3-11,14,17,23,27H,12-13,15-16H2,1-2H3,(H,25,29)/t23-/m1/s1. The summed E-state index contributed by atoms with van der Waals surface area (Å²) >= 11 is 0. The largest absolute Gasteiger partial charge is 0.486 e. The van der Waals surface area contributed by atoms with Gasteiger partial charge in [0.25, 0.3) is 0 Å². The van der Waals surface area contributed by atoms with Crippen molar-refractivity contribution in [1.82, 2.24) is 19.8 Å². The molecule has 9 nitrogen and oxygen atoms in total. The van der Waals surface area contributed by atoms with Crippen LogP contribution in [-0.4, -0.2) is 43.4 Å². The molecular weight excluding hydrogens is 456 g/mol. The van der Waals surface area contributed by atoms with Crippen LogP contribution in [0, 0.1) is 5.92 Å². The number of sulfonamides is 1. The number of fused-ring (bicyclic) bond motifs is 1. The quantitative estimate of drug-likeness (QED) is 0.482. The summed E-state index contributed by atoms with van der Waals surface area (Å²) < 4.78 is 41.4. The first-order valence-electron chi connectivity index (χ1n) is 11.1. The van der Waals surface area contributed by atoms with Gasteiger partial charge in [-0.3, -0.25) is 9.48 Å². The van der Waals surface area contributed by atoms with Crippen LogP contribution in [0.1, 0.15) is 25.0 Å². The molecule has 0 saturated carbocycles. The lowest BCUT2D eigenvalue weighted by molar-refractivity contribution is -0.123. The summed E-state index contributed by atoms with van der Waals surface area (Å²) in [6.45, 7) is 5.19. The predicted octanol–water partition coefficient (Wildman–Crippen LogP) is 2.32. The van der Waals surface area contributed by atoms with Crippen LogP contribution in [-0.2, 0) is 27.9 Å². The average Bonchev–Trinajstić information content (AvgIpc) is 3.34. The maximum atomic E-state index is 13.0. The molecule has 1 aromatic heterocycles. The average molecular weight is 485 g/mol. The summed E-state index contributed by atoms with van der Waals surface area (Å²) in [6.07, 6.45) is 3.59. The number of hydrogen-bond donors (Lipinski definition) is 2. The number of nitrogens with zero attached hydrogens (tertiary/aromatic N) is 2. The molecule has 1 amide bonds. The molecule has 0 radical (unpaired) electrons. The molecule has 1 aliphatic heterocycles. The Labute approximate surface area is 199 Å². The fourth-order valence-electron chi connectivity index (χ4n) is 3.66. The van der Waals surface area contributed by atoms with Gasteiger partial charge in [0, 0.05) is 25.0 Å². The van der Waals surface area contributed by atoms with Crippen molar-refractivity contribution in [3.8, 4) is 11.5 Å². The topological polar surface area (TPSA) is 112 Å². The lowest BCUT2D eigenvalue weighted by atomic mass is 10.0. The van der Waals surface area contributed by atoms with Crippen LogP contribution >= 0.6 is 0 Å². The van der Waals surface area contributed by atoms with Gasteiger partial charge < -0.3 is 14.8 Å². The van der Waals surface area contributed by atoms with Crippen LogP contribution in [0.2, 0.25) is 0 Å². The number of nitrogens with one attached hydrogen (secondary N) is 2. The molecule has 10 heteroatoms. The van der Waals surface area contributed by atoms with E-state index < -0.39 is 22.0 Å². The van der Waals surface area contributed by atoms with Crippen molar-refractivity contribution >= 4 is 15.9 Å². The van der Waals surface area contributed by atoms with Crippen LogP contribution in [0.5, 0.6) is 11.5 Å². The second-order valence-corrected chi connectivity index (χ2v) is 10.1. The molecule has 0 fully saturated rings. The molecular formula is C24H28N4O5S. The second kappa shape index (κ2) is 10.3. The van der Waals surface area contributed by atoms with E-state index in [0.717, 1.165) is 11.1 Å². The van der Waals surface area contributed by atoms with E-state index in [4.69, 9.17) is 9.47 Å². The predicted molar refractivity (Wildman–Crippen MR) is 126 cm³/mol. The first kappa shape index (κ1) is 23.8. The second-order valence-electron chi connectivity index (χ2n) is 8.34. The van der Waals surface area contributed by atoms with Crippen molar-refractivity contribution < 1.29 is 22.7 Å². The summed E-state index contributed by atoms with van der Waals surface area (Å²) in [4.78, 5) is 13.0. The third-order valence-electron chi connectivity index (χ3n) is 5.52. The minimum Gasteiger partial charge on any atom is -0.486 e. The van der Waals surface area contributed by atoms with E-state index in [1.165, 1.54) is 12.1 Å². The van der Waals surface area contributed by atoms with E-state index in [-0.39, 0.29) is 17.4 Å². The number of rotatable bonds is 9. The number of aromatic nitrogens is 2. The number of carbonyl (C=O) groups excluding carboxylic acids is 1. The van der Waals surface area contributed by atoms with Crippen molar-refractivity contribution in [3.63, 3.8) is 0 Å². The highest BCUT2D eigenvalue weighted by atomic mass is 32.2. The van der Waals surface area contributed by atoms with Gasteiger partial charge in [-0.25, -0.2) is 8.42 Å². The molecule has 34 heavy (non-hydrogen) atoms. The molecule has 180 valence electrons. The molecule has 0 bridgehead atoms. The zero-order valence-electron chi connectivity index (χ0n) is 19.1. The number of ether oxygens (including phenoxy) is 2. The number of benzene rings is 2. The Morgan fingerprint density at radius 1 is 1.06 bits per heavy atom. The fourth-order valence-corrected chi connectivity index (χ4v) is 5.02. The first-order valence-corrected chi connectivity index (χ1v) is 12.6. The molecule has 2 aromatic carbocycles. The van der Waals surface area contributed by atoms with Crippen LogP contribution in [0.3, 0.4) is 0 Å². The third-order valence-corrected chi connectivity index (χ3v) is 6.96. The van der Waals surface area contributed by atoms with Gasteiger partial charge in [0.2, 0.25) is 15.9 Å². The highest BCUT2D eigenvalue weighted by Crippen LogP contribution is 2.32. The smallest absolute Gasteiger partial charge is 0.241 e. The van der Waals surface area contributed by atoms with Crippen molar-refractivity contribution in [1.29, 1.82) is 0 Å². The summed E-state index contributed by atoms with van der Waals surface area (Å²) in [5, 5.41) is 7.12.